The zero-order valence-corrected chi connectivity index (χ0v) is 14.3. The Morgan fingerprint density at radius 1 is 1.50 bits per heavy atom. The average Bonchev–Trinajstić information content (AvgIpc) is 3.00. The zero-order valence-electron chi connectivity index (χ0n) is 13.5. The minimum absolute atomic E-state index is 0.0429. The Morgan fingerprint density at radius 2 is 2.23 bits per heavy atom. The van der Waals surface area contributed by atoms with Crippen molar-refractivity contribution < 1.29 is 9.59 Å². The quantitative estimate of drug-likeness (QED) is 0.636. The summed E-state index contributed by atoms with van der Waals surface area (Å²) < 4.78 is 1.84. The molecule has 1 aromatic heterocycles. The summed E-state index contributed by atoms with van der Waals surface area (Å²) >= 11 is 1.54. The average molecular weight is 325 g/mol. The molecule has 0 unspecified atom stereocenters. The smallest absolute Gasteiger partial charge is 0.225 e. The number of thioether (sulfide) groups is 1. The minimum Gasteiger partial charge on any atom is -0.355 e. The van der Waals surface area contributed by atoms with Gasteiger partial charge < -0.3 is 14.8 Å². The summed E-state index contributed by atoms with van der Waals surface area (Å²) in [5.74, 6) is 0.494. The fourth-order valence-corrected chi connectivity index (χ4v) is 3.14. The number of likely N-dealkylation sites (tertiary alicyclic amines) is 1. The first kappa shape index (κ1) is 16.8. The van der Waals surface area contributed by atoms with E-state index in [9.17, 15) is 9.59 Å². The van der Waals surface area contributed by atoms with Gasteiger partial charge in [-0.3, -0.25) is 9.59 Å². The number of nitrogens with zero attached hydrogens (tertiary/aromatic N) is 4. The molecule has 0 aromatic carbocycles. The van der Waals surface area contributed by atoms with Crippen molar-refractivity contribution in [1.82, 2.24) is 25.0 Å². The van der Waals surface area contributed by atoms with E-state index >= 15 is 0 Å². The van der Waals surface area contributed by atoms with Crippen molar-refractivity contribution in [2.24, 2.45) is 13.0 Å². The second-order valence-corrected chi connectivity index (χ2v) is 7.50. The van der Waals surface area contributed by atoms with Gasteiger partial charge in [0.2, 0.25) is 11.8 Å². The van der Waals surface area contributed by atoms with Gasteiger partial charge in [0.05, 0.1) is 5.92 Å². The Labute approximate surface area is 134 Å². The van der Waals surface area contributed by atoms with Crippen LogP contribution in [0.25, 0.3) is 0 Å². The molecule has 1 aromatic rings. The van der Waals surface area contributed by atoms with Gasteiger partial charge in [-0.2, -0.15) is 0 Å². The van der Waals surface area contributed by atoms with Crippen LogP contribution in [0.2, 0.25) is 0 Å². The van der Waals surface area contributed by atoms with Gasteiger partial charge in [-0.05, 0) is 20.8 Å². The van der Waals surface area contributed by atoms with Crippen LogP contribution in [0.5, 0.6) is 0 Å². The van der Waals surface area contributed by atoms with Crippen molar-refractivity contribution in [1.29, 1.82) is 0 Å². The molecule has 8 heteroatoms. The SMILES string of the molecule is Cn1cnnc1SCCNC(=O)[C@@H]1CC(=O)N(C(C)(C)C)C1. The number of carbonyl (C=O) groups excluding carboxylic acids is 2. The van der Waals surface area contributed by atoms with Gasteiger partial charge >= 0.3 is 0 Å². The van der Waals surface area contributed by atoms with E-state index in [1.807, 2.05) is 32.4 Å². The van der Waals surface area contributed by atoms with Crippen molar-refractivity contribution >= 4 is 23.6 Å². The van der Waals surface area contributed by atoms with Gasteiger partial charge in [0.25, 0.3) is 0 Å². The van der Waals surface area contributed by atoms with E-state index < -0.39 is 0 Å². The maximum atomic E-state index is 12.2. The highest BCUT2D eigenvalue weighted by molar-refractivity contribution is 7.99. The molecule has 0 saturated carbocycles. The van der Waals surface area contributed by atoms with Gasteiger partial charge in [-0.25, -0.2) is 0 Å². The second kappa shape index (κ2) is 6.68. The largest absolute Gasteiger partial charge is 0.355 e. The Hall–Kier alpha value is -1.57. The summed E-state index contributed by atoms with van der Waals surface area (Å²) in [5, 5.41) is 11.5. The van der Waals surface area contributed by atoms with Crippen LogP contribution in [0.3, 0.4) is 0 Å². The van der Waals surface area contributed by atoms with Crippen molar-refractivity contribution in [2.75, 3.05) is 18.8 Å². The monoisotopic (exact) mass is 325 g/mol. The molecule has 1 atom stereocenters. The van der Waals surface area contributed by atoms with E-state index in [0.29, 0.717) is 19.5 Å². The lowest BCUT2D eigenvalue weighted by Crippen LogP contribution is -2.43. The van der Waals surface area contributed by atoms with Crippen molar-refractivity contribution in [3.8, 4) is 0 Å². The maximum absolute atomic E-state index is 12.2. The maximum Gasteiger partial charge on any atom is 0.225 e. The number of nitrogens with one attached hydrogen (secondary N) is 1. The van der Waals surface area contributed by atoms with Crippen LogP contribution in [0.4, 0.5) is 0 Å². The summed E-state index contributed by atoms with van der Waals surface area (Å²) in [4.78, 5) is 25.9. The summed E-state index contributed by atoms with van der Waals surface area (Å²) in [6.07, 6.45) is 1.95. The highest BCUT2D eigenvalue weighted by Crippen LogP contribution is 2.25. The second-order valence-electron chi connectivity index (χ2n) is 6.44. The predicted octanol–water partition coefficient (Wildman–Crippen LogP) is 0.670. The van der Waals surface area contributed by atoms with E-state index in [1.54, 1.807) is 23.0 Å². The van der Waals surface area contributed by atoms with Crippen molar-refractivity contribution in [3.05, 3.63) is 6.33 Å². The highest BCUT2D eigenvalue weighted by atomic mass is 32.2. The number of rotatable bonds is 5. The number of carbonyl (C=O) groups is 2. The molecule has 122 valence electrons. The van der Waals surface area contributed by atoms with Gasteiger partial charge in [-0.1, -0.05) is 11.8 Å². The fourth-order valence-electron chi connectivity index (χ4n) is 2.40. The first-order valence-corrected chi connectivity index (χ1v) is 8.32. The Balaban J connectivity index is 1.74. The normalized spacial score (nSPS) is 18.8. The van der Waals surface area contributed by atoms with E-state index in [1.165, 1.54) is 0 Å². The predicted molar refractivity (Wildman–Crippen MR) is 84.3 cm³/mol. The van der Waals surface area contributed by atoms with Gasteiger partial charge in [-0.15, -0.1) is 10.2 Å². The van der Waals surface area contributed by atoms with Crippen LogP contribution >= 0.6 is 11.8 Å². The molecule has 7 nitrogen and oxygen atoms in total. The first-order valence-electron chi connectivity index (χ1n) is 7.34. The molecular formula is C14H23N5O2S. The lowest BCUT2D eigenvalue weighted by Gasteiger charge is -2.31. The molecule has 2 amide bonds. The van der Waals surface area contributed by atoms with E-state index in [2.05, 4.69) is 15.5 Å². The molecule has 0 aliphatic carbocycles. The van der Waals surface area contributed by atoms with Crippen LogP contribution in [0.15, 0.2) is 11.5 Å². The van der Waals surface area contributed by atoms with E-state index in [-0.39, 0.29) is 23.3 Å². The summed E-state index contributed by atoms with van der Waals surface area (Å²) in [6, 6.07) is 0. The molecule has 1 N–H and O–H groups in total. The van der Waals surface area contributed by atoms with Crippen LogP contribution in [-0.2, 0) is 16.6 Å². The van der Waals surface area contributed by atoms with E-state index in [0.717, 1.165) is 10.9 Å². The topological polar surface area (TPSA) is 80.1 Å². The number of hydrogen-bond donors (Lipinski definition) is 1. The number of amides is 2. The van der Waals surface area contributed by atoms with E-state index in [4.69, 9.17) is 0 Å². The Bertz CT molecular complexity index is 552. The molecule has 1 saturated heterocycles. The Kier molecular flexibility index (Phi) is 5.10. The van der Waals surface area contributed by atoms with Gasteiger partial charge in [0.15, 0.2) is 5.16 Å². The van der Waals surface area contributed by atoms with Crippen molar-refractivity contribution in [3.63, 3.8) is 0 Å². The number of hydrogen-bond acceptors (Lipinski definition) is 5. The zero-order chi connectivity index (χ0) is 16.3. The minimum atomic E-state index is -0.244. The third-order valence-electron chi connectivity index (χ3n) is 3.61. The molecule has 0 bridgehead atoms. The van der Waals surface area contributed by atoms with Gasteiger partial charge in [0, 0.05) is 37.8 Å². The molecule has 1 aliphatic rings. The molecule has 2 rings (SSSR count). The summed E-state index contributed by atoms with van der Waals surface area (Å²) in [6.45, 7) is 7.02. The third kappa shape index (κ3) is 4.00. The molecule has 2 heterocycles. The van der Waals surface area contributed by atoms with Crippen LogP contribution in [-0.4, -0.2) is 55.9 Å². The van der Waals surface area contributed by atoms with Crippen LogP contribution < -0.4 is 5.32 Å². The molecule has 22 heavy (non-hydrogen) atoms. The molecular weight excluding hydrogens is 302 g/mol. The van der Waals surface area contributed by atoms with Crippen LogP contribution in [0, 0.1) is 5.92 Å². The molecule has 0 radical (unpaired) electrons. The Morgan fingerprint density at radius 3 is 2.77 bits per heavy atom. The third-order valence-corrected chi connectivity index (χ3v) is 4.64. The summed E-state index contributed by atoms with van der Waals surface area (Å²) in [5.41, 5.74) is -0.229. The highest BCUT2D eigenvalue weighted by Gasteiger charge is 2.39. The first-order chi connectivity index (χ1) is 10.3. The van der Waals surface area contributed by atoms with Crippen LogP contribution in [0.1, 0.15) is 27.2 Å². The fraction of sp³-hybridized carbons (Fsp3) is 0.714. The molecule has 1 aliphatic heterocycles. The standard InChI is InChI=1S/C14H23N5O2S/c1-14(2,3)19-8-10(7-11(19)20)12(21)15-5-6-22-13-17-16-9-18(13)4/h9-10H,5-8H2,1-4H3,(H,15,21)/t10-/m1/s1. The summed E-state index contributed by atoms with van der Waals surface area (Å²) in [7, 11) is 1.88. The van der Waals surface area contributed by atoms with Gasteiger partial charge in [0.1, 0.15) is 6.33 Å². The molecule has 1 fully saturated rings. The lowest BCUT2D eigenvalue weighted by molar-refractivity contribution is -0.132. The van der Waals surface area contributed by atoms with Crippen molar-refractivity contribution in [2.45, 2.75) is 37.9 Å². The molecule has 0 spiro atoms. The number of aryl methyl sites for hydroxylation is 1. The lowest BCUT2D eigenvalue weighted by atomic mass is 10.1. The number of aromatic nitrogens is 3.